The van der Waals surface area contributed by atoms with Crippen molar-refractivity contribution in [2.45, 2.75) is 20.4 Å². The summed E-state index contributed by atoms with van der Waals surface area (Å²) in [4.78, 5) is 29.7. The van der Waals surface area contributed by atoms with Crippen molar-refractivity contribution in [3.63, 3.8) is 0 Å². The fraction of sp³-hybridized carbons (Fsp3) is 0.556. The minimum Gasteiger partial charge on any atom is -0.356 e. The van der Waals surface area contributed by atoms with Crippen molar-refractivity contribution in [3.05, 3.63) is 46.0 Å². The Morgan fingerprint density at radius 3 is 2.48 bits per heavy atom. The quantitative estimate of drug-likeness (QED) is 0.822. The molecule has 2 atom stereocenters. The second kappa shape index (κ2) is 6.22. The lowest BCUT2D eigenvalue weighted by molar-refractivity contribution is 0.304. The number of likely N-dealkylation sites (tertiary alicyclic amines) is 1. The molecule has 0 N–H and O–H groups in total. The number of hydrogen-bond acceptors (Lipinski definition) is 6. The smallest absolute Gasteiger partial charge is 0.253 e. The maximum Gasteiger partial charge on any atom is 0.253 e. The molecule has 2 aliphatic rings. The molecule has 2 aromatic rings. The van der Waals surface area contributed by atoms with Gasteiger partial charge in [-0.1, -0.05) is 0 Å². The highest BCUT2D eigenvalue weighted by Gasteiger charge is 2.40. The summed E-state index contributed by atoms with van der Waals surface area (Å²) in [6.07, 6.45) is 3.27. The zero-order chi connectivity index (χ0) is 17.6. The summed E-state index contributed by atoms with van der Waals surface area (Å²) in [6, 6.07) is 1.65. The molecule has 0 bridgehead atoms. The molecule has 2 unspecified atom stereocenters. The number of aromatic nitrogens is 4. The lowest BCUT2D eigenvalue weighted by atomic mass is 10.0. The van der Waals surface area contributed by atoms with Crippen molar-refractivity contribution in [1.29, 1.82) is 0 Å². The summed E-state index contributed by atoms with van der Waals surface area (Å²) in [7, 11) is 1.73. The number of nitrogens with zero attached hydrogens (tertiary/aromatic N) is 6. The van der Waals surface area contributed by atoms with E-state index >= 15 is 0 Å². The van der Waals surface area contributed by atoms with Crippen LogP contribution in [-0.2, 0) is 13.6 Å². The largest absolute Gasteiger partial charge is 0.356 e. The van der Waals surface area contributed by atoms with E-state index in [0.717, 1.165) is 49.9 Å². The van der Waals surface area contributed by atoms with Crippen molar-refractivity contribution >= 4 is 5.82 Å². The maximum absolute atomic E-state index is 11.8. The average molecular weight is 340 g/mol. The van der Waals surface area contributed by atoms with Gasteiger partial charge in [0.15, 0.2) is 0 Å². The molecule has 0 amide bonds. The van der Waals surface area contributed by atoms with Crippen molar-refractivity contribution in [1.82, 2.24) is 24.4 Å². The Morgan fingerprint density at radius 1 is 1.08 bits per heavy atom. The van der Waals surface area contributed by atoms with Crippen LogP contribution in [0, 0.1) is 25.7 Å². The van der Waals surface area contributed by atoms with Crippen LogP contribution in [0.2, 0.25) is 0 Å². The number of anilines is 1. The van der Waals surface area contributed by atoms with Crippen LogP contribution < -0.4 is 10.5 Å². The Morgan fingerprint density at radius 2 is 1.80 bits per heavy atom. The third-order valence-electron chi connectivity index (χ3n) is 5.59. The maximum atomic E-state index is 11.8. The van der Waals surface area contributed by atoms with E-state index in [9.17, 15) is 4.79 Å². The molecule has 0 saturated carbocycles. The summed E-state index contributed by atoms with van der Waals surface area (Å²) in [5, 5.41) is 0. The van der Waals surface area contributed by atoms with Crippen LogP contribution in [0.25, 0.3) is 0 Å². The van der Waals surface area contributed by atoms with E-state index in [2.05, 4.69) is 31.7 Å². The normalized spacial score (nSPS) is 23.2. The minimum atomic E-state index is 0.00479. The van der Waals surface area contributed by atoms with Crippen LogP contribution in [-0.4, -0.2) is 50.6 Å². The van der Waals surface area contributed by atoms with Crippen molar-refractivity contribution < 1.29 is 0 Å². The molecule has 4 heterocycles. The zero-order valence-electron chi connectivity index (χ0n) is 15.0. The highest BCUT2D eigenvalue weighted by atomic mass is 16.1. The molecule has 2 aliphatic heterocycles. The Labute approximate surface area is 147 Å². The summed E-state index contributed by atoms with van der Waals surface area (Å²) in [5.74, 6) is 2.39. The third kappa shape index (κ3) is 3.04. The van der Waals surface area contributed by atoms with E-state index in [1.165, 1.54) is 10.1 Å². The van der Waals surface area contributed by atoms with Gasteiger partial charge in [-0.2, -0.15) is 0 Å². The second-order valence-corrected chi connectivity index (χ2v) is 7.36. The predicted octanol–water partition coefficient (Wildman–Crippen LogP) is 0.755. The molecule has 0 aromatic carbocycles. The van der Waals surface area contributed by atoms with Gasteiger partial charge in [0.05, 0.1) is 12.0 Å². The van der Waals surface area contributed by atoms with E-state index < -0.39 is 0 Å². The summed E-state index contributed by atoms with van der Waals surface area (Å²) in [5.41, 5.74) is 3.11. The molecule has 0 spiro atoms. The van der Waals surface area contributed by atoms with E-state index in [4.69, 9.17) is 0 Å². The Kier molecular flexibility index (Phi) is 4.03. The Balaban J connectivity index is 1.41. The molecular formula is C18H24N6O. The Hall–Kier alpha value is -2.28. The predicted molar refractivity (Wildman–Crippen MR) is 95.5 cm³/mol. The van der Waals surface area contributed by atoms with E-state index in [1.807, 2.05) is 6.92 Å². The van der Waals surface area contributed by atoms with Gasteiger partial charge in [-0.15, -0.1) is 0 Å². The number of hydrogen-bond donors (Lipinski definition) is 0. The fourth-order valence-electron chi connectivity index (χ4n) is 4.05. The van der Waals surface area contributed by atoms with Gasteiger partial charge in [-0.05, 0) is 25.7 Å². The van der Waals surface area contributed by atoms with Crippen LogP contribution in [0.4, 0.5) is 5.82 Å². The topological polar surface area (TPSA) is 67.2 Å². The van der Waals surface area contributed by atoms with Gasteiger partial charge in [-0.3, -0.25) is 9.69 Å². The van der Waals surface area contributed by atoms with Crippen molar-refractivity contribution in [3.8, 4) is 0 Å². The molecule has 2 fully saturated rings. The van der Waals surface area contributed by atoms with Crippen LogP contribution >= 0.6 is 0 Å². The average Bonchev–Trinajstić information content (AvgIpc) is 3.12. The first-order chi connectivity index (χ1) is 12.0. The van der Waals surface area contributed by atoms with Gasteiger partial charge in [0.25, 0.3) is 5.56 Å². The molecule has 2 saturated heterocycles. The fourth-order valence-corrected chi connectivity index (χ4v) is 4.05. The summed E-state index contributed by atoms with van der Waals surface area (Å²) >= 11 is 0. The molecule has 7 nitrogen and oxygen atoms in total. The lowest BCUT2D eigenvalue weighted by Crippen LogP contribution is -2.30. The lowest BCUT2D eigenvalue weighted by Gasteiger charge is -2.23. The van der Waals surface area contributed by atoms with Gasteiger partial charge in [0.2, 0.25) is 0 Å². The van der Waals surface area contributed by atoms with Crippen LogP contribution in [0.3, 0.4) is 0 Å². The molecule has 0 radical (unpaired) electrons. The van der Waals surface area contributed by atoms with Gasteiger partial charge in [0.1, 0.15) is 12.1 Å². The molecule has 7 heteroatoms. The van der Waals surface area contributed by atoms with Crippen LogP contribution in [0.1, 0.15) is 17.0 Å². The SMILES string of the molecule is Cc1ncnc(N2CC3CN(Cc4cc(=O)n(C)cn4)CC3C2)c1C. The number of aryl methyl sites for hydroxylation is 2. The third-order valence-corrected chi connectivity index (χ3v) is 5.59. The highest BCUT2D eigenvalue weighted by Crippen LogP contribution is 2.34. The van der Waals surface area contributed by atoms with Gasteiger partial charge >= 0.3 is 0 Å². The first kappa shape index (κ1) is 16.2. The number of rotatable bonds is 3. The van der Waals surface area contributed by atoms with Gasteiger partial charge in [-0.25, -0.2) is 15.0 Å². The van der Waals surface area contributed by atoms with Crippen LogP contribution in [0.5, 0.6) is 0 Å². The monoisotopic (exact) mass is 340 g/mol. The molecule has 4 rings (SSSR count). The summed E-state index contributed by atoms with van der Waals surface area (Å²) in [6.45, 7) is 9.10. The molecule has 132 valence electrons. The van der Waals surface area contributed by atoms with Crippen molar-refractivity contribution in [2.24, 2.45) is 18.9 Å². The first-order valence-electron chi connectivity index (χ1n) is 8.78. The number of fused-ring (bicyclic) bond motifs is 1. The minimum absolute atomic E-state index is 0.00479. The van der Waals surface area contributed by atoms with E-state index in [1.54, 1.807) is 25.8 Å². The van der Waals surface area contributed by atoms with E-state index in [-0.39, 0.29) is 5.56 Å². The summed E-state index contributed by atoms with van der Waals surface area (Å²) < 4.78 is 1.51. The van der Waals surface area contributed by atoms with E-state index in [0.29, 0.717) is 11.8 Å². The second-order valence-electron chi connectivity index (χ2n) is 7.36. The standard InChI is InChI=1S/C18H24N6O/c1-12-13(2)19-10-20-18(12)24-7-14-5-23(6-15(14)8-24)9-16-4-17(25)22(3)11-21-16/h4,10-11,14-15H,5-9H2,1-3H3. The molecular weight excluding hydrogens is 316 g/mol. The van der Waals surface area contributed by atoms with Gasteiger partial charge < -0.3 is 9.47 Å². The molecule has 0 aliphatic carbocycles. The zero-order valence-corrected chi connectivity index (χ0v) is 15.0. The highest BCUT2D eigenvalue weighted by molar-refractivity contribution is 5.48. The van der Waals surface area contributed by atoms with Crippen molar-refractivity contribution in [2.75, 3.05) is 31.1 Å². The van der Waals surface area contributed by atoms with Crippen LogP contribution in [0.15, 0.2) is 23.5 Å². The Bertz CT molecular complexity index is 834. The molecule has 25 heavy (non-hydrogen) atoms. The van der Waals surface area contributed by atoms with Gasteiger partial charge in [0, 0.05) is 57.1 Å². The molecule has 2 aromatic heterocycles. The first-order valence-corrected chi connectivity index (χ1v) is 8.78.